The van der Waals surface area contributed by atoms with Crippen molar-refractivity contribution in [2.24, 2.45) is 5.92 Å². The maximum Gasteiger partial charge on any atom is 0.251 e. The summed E-state index contributed by atoms with van der Waals surface area (Å²) in [6, 6.07) is 6.24. The number of hydrogen-bond donors (Lipinski definition) is 2. The zero-order valence-corrected chi connectivity index (χ0v) is 12.5. The van der Waals surface area contributed by atoms with Gasteiger partial charge in [-0.2, -0.15) is 0 Å². The first-order chi connectivity index (χ1) is 9.44. The van der Waals surface area contributed by atoms with Gasteiger partial charge in [-0.3, -0.25) is 4.79 Å². The van der Waals surface area contributed by atoms with Crippen LogP contribution in [0.1, 0.15) is 37.0 Å². The van der Waals surface area contributed by atoms with Crippen molar-refractivity contribution < 1.29 is 13.2 Å². The molecule has 20 heavy (non-hydrogen) atoms. The van der Waals surface area contributed by atoms with Gasteiger partial charge >= 0.3 is 0 Å². The first-order valence-electron chi connectivity index (χ1n) is 6.84. The number of carbonyl (C=O) groups excluding carboxylic acids is 1. The Morgan fingerprint density at radius 2 is 2.10 bits per heavy atom. The summed E-state index contributed by atoms with van der Waals surface area (Å²) >= 11 is 0. The van der Waals surface area contributed by atoms with Gasteiger partial charge in [0, 0.05) is 18.2 Å². The summed E-state index contributed by atoms with van der Waals surface area (Å²) in [7, 11) is -3.53. The SMILES string of the molecule is CCNS(=O)(=O)c1cccc(C(=O)NC(C)C2CC2)c1. The second kappa shape index (κ2) is 5.93. The standard InChI is InChI=1S/C14H20N2O3S/c1-3-15-20(18,19)13-6-4-5-12(9-13)14(17)16-10(2)11-7-8-11/h4-6,9-11,15H,3,7-8H2,1-2H3,(H,16,17). The Hall–Kier alpha value is -1.40. The number of nitrogens with one attached hydrogen (secondary N) is 2. The third kappa shape index (κ3) is 3.58. The molecule has 0 saturated heterocycles. The molecule has 1 fully saturated rings. The largest absolute Gasteiger partial charge is 0.349 e. The smallest absolute Gasteiger partial charge is 0.251 e. The molecule has 0 aliphatic heterocycles. The van der Waals surface area contributed by atoms with Crippen LogP contribution in [0.15, 0.2) is 29.2 Å². The maximum absolute atomic E-state index is 12.1. The van der Waals surface area contributed by atoms with Crippen molar-refractivity contribution >= 4 is 15.9 Å². The minimum atomic E-state index is -3.53. The molecule has 1 aliphatic rings. The van der Waals surface area contributed by atoms with Crippen LogP contribution in [0.5, 0.6) is 0 Å². The van der Waals surface area contributed by atoms with Gasteiger partial charge in [-0.1, -0.05) is 13.0 Å². The summed E-state index contributed by atoms with van der Waals surface area (Å²) in [6.45, 7) is 4.01. The molecule has 0 spiro atoms. The van der Waals surface area contributed by atoms with Gasteiger partial charge in [-0.15, -0.1) is 0 Å². The van der Waals surface area contributed by atoms with Crippen molar-refractivity contribution in [3.63, 3.8) is 0 Å². The Balaban J connectivity index is 2.14. The van der Waals surface area contributed by atoms with Crippen molar-refractivity contribution in [3.05, 3.63) is 29.8 Å². The average Bonchev–Trinajstić information content (AvgIpc) is 3.23. The van der Waals surface area contributed by atoms with Crippen LogP contribution in [0.4, 0.5) is 0 Å². The highest BCUT2D eigenvalue weighted by Gasteiger charge is 2.29. The van der Waals surface area contributed by atoms with E-state index in [2.05, 4.69) is 10.0 Å². The lowest BCUT2D eigenvalue weighted by atomic mass is 10.1. The number of amides is 1. The molecular formula is C14H20N2O3S. The second-order valence-electron chi connectivity index (χ2n) is 5.13. The van der Waals surface area contributed by atoms with Crippen molar-refractivity contribution in [2.45, 2.75) is 37.6 Å². The number of sulfonamides is 1. The van der Waals surface area contributed by atoms with E-state index in [0.717, 1.165) is 12.8 Å². The van der Waals surface area contributed by atoms with E-state index in [1.165, 1.54) is 12.1 Å². The van der Waals surface area contributed by atoms with E-state index in [0.29, 0.717) is 18.0 Å². The fourth-order valence-electron chi connectivity index (χ4n) is 2.08. The molecule has 1 aliphatic carbocycles. The minimum Gasteiger partial charge on any atom is -0.349 e. The molecule has 1 amide bonds. The first-order valence-corrected chi connectivity index (χ1v) is 8.33. The Labute approximate surface area is 119 Å². The van der Waals surface area contributed by atoms with Crippen molar-refractivity contribution in [2.75, 3.05) is 6.54 Å². The lowest BCUT2D eigenvalue weighted by Gasteiger charge is -2.13. The molecule has 0 bridgehead atoms. The summed E-state index contributed by atoms with van der Waals surface area (Å²) < 4.78 is 26.2. The van der Waals surface area contributed by atoms with Gasteiger partial charge in [0.25, 0.3) is 5.91 Å². The van der Waals surface area contributed by atoms with Crippen LogP contribution >= 0.6 is 0 Å². The van der Waals surface area contributed by atoms with Gasteiger partial charge in [0.15, 0.2) is 0 Å². The summed E-state index contributed by atoms with van der Waals surface area (Å²) in [5.41, 5.74) is 0.372. The van der Waals surface area contributed by atoms with Gasteiger partial charge in [-0.25, -0.2) is 13.1 Å². The topological polar surface area (TPSA) is 75.3 Å². The van der Waals surface area contributed by atoms with E-state index < -0.39 is 10.0 Å². The Morgan fingerprint density at radius 1 is 1.40 bits per heavy atom. The van der Waals surface area contributed by atoms with Crippen LogP contribution in [-0.4, -0.2) is 26.9 Å². The lowest BCUT2D eigenvalue weighted by molar-refractivity contribution is 0.0935. The highest BCUT2D eigenvalue weighted by molar-refractivity contribution is 7.89. The molecular weight excluding hydrogens is 276 g/mol. The fourth-order valence-corrected chi connectivity index (χ4v) is 3.17. The number of benzene rings is 1. The molecule has 0 radical (unpaired) electrons. The molecule has 1 aromatic carbocycles. The van der Waals surface area contributed by atoms with Gasteiger partial charge in [0.1, 0.15) is 0 Å². The average molecular weight is 296 g/mol. The highest BCUT2D eigenvalue weighted by Crippen LogP contribution is 2.32. The van der Waals surface area contributed by atoms with E-state index >= 15 is 0 Å². The normalized spacial score (nSPS) is 16.7. The zero-order valence-electron chi connectivity index (χ0n) is 11.7. The molecule has 1 atom stereocenters. The molecule has 2 N–H and O–H groups in total. The van der Waals surface area contributed by atoms with Crippen LogP contribution in [0.3, 0.4) is 0 Å². The monoisotopic (exact) mass is 296 g/mol. The molecule has 1 unspecified atom stereocenters. The summed E-state index contributed by atoms with van der Waals surface area (Å²) in [5, 5.41) is 2.91. The van der Waals surface area contributed by atoms with Crippen LogP contribution < -0.4 is 10.0 Å². The lowest BCUT2D eigenvalue weighted by Crippen LogP contribution is -2.34. The molecule has 6 heteroatoms. The van der Waals surface area contributed by atoms with Gasteiger partial charge in [0.05, 0.1) is 4.90 Å². The second-order valence-corrected chi connectivity index (χ2v) is 6.90. The van der Waals surface area contributed by atoms with Crippen LogP contribution in [0, 0.1) is 5.92 Å². The molecule has 1 aromatic rings. The highest BCUT2D eigenvalue weighted by atomic mass is 32.2. The van der Waals surface area contributed by atoms with E-state index in [1.807, 2.05) is 6.92 Å². The minimum absolute atomic E-state index is 0.117. The predicted molar refractivity (Wildman–Crippen MR) is 77.0 cm³/mol. The first kappa shape index (κ1) is 15.0. The molecule has 0 aromatic heterocycles. The van der Waals surface area contributed by atoms with E-state index in [4.69, 9.17) is 0 Å². The third-order valence-electron chi connectivity index (χ3n) is 3.43. The Bertz CT molecular complexity index is 594. The fraction of sp³-hybridized carbons (Fsp3) is 0.500. The maximum atomic E-state index is 12.1. The van der Waals surface area contributed by atoms with Crippen LogP contribution in [-0.2, 0) is 10.0 Å². The van der Waals surface area contributed by atoms with Gasteiger partial charge < -0.3 is 5.32 Å². The Kier molecular flexibility index (Phi) is 4.45. The predicted octanol–water partition coefficient (Wildman–Crippen LogP) is 1.51. The quantitative estimate of drug-likeness (QED) is 0.835. The number of carbonyl (C=O) groups is 1. The summed E-state index contributed by atoms with van der Waals surface area (Å²) in [6.07, 6.45) is 2.30. The number of hydrogen-bond acceptors (Lipinski definition) is 3. The van der Waals surface area contributed by atoms with E-state index in [1.54, 1.807) is 19.1 Å². The number of rotatable bonds is 6. The molecule has 5 nitrogen and oxygen atoms in total. The van der Waals surface area contributed by atoms with Gasteiger partial charge in [-0.05, 0) is 43.9 Å². The van der Waals surface area contributed by atoms with Crippen molar-refractivity contribution in [1.29, 1.82) is 0 Å². The summed E-state index contributed by atoms with van der Waals surface area (Å²) in [5.74, 6) is 0.338. The molecule has 2 rings (SSSR count). The summed E-state index contributed by atoms with van der Waals surface area (Å²) in [4.78, 5) is 12.2. The molecule has 1 saturated carbocycles. The van der Waals surface area contributed by atoms with E-state index in [-0.39, 0.29) is 16.8 Å². The van der Waals surface area contributed by atoms with Crippen molar-refractivity contribution in [3.8, 4) is 0 Å². The van der Waals surface area contributed by atoms with Crippen molar-refractivity contribution in [1.82, 2.24) is 10.0 Å². The molecule has 110 valence electrons. The van der Waals surface area contributed by atoms with Gasteiger partial charge in [0.2, 0.25) is 10.0 Å². The van der Waals surface area contributed by atoms with E-state index in [9.17, 15) is 13.2 Å². The van der Waals surface area contributed by atoms with Crippen LogP contribution in [0.25, 0.3) is 0 Å². The molecule has 0 heterocycles. The Morgan fingerprint density at radius 3 is 2.70 bits per heavy atom. The third-order valence-corrected chi connectivity index (χ3v) is 4.97. The van der Waals surface area contributed by atoms with Crippen LogP contribution in [0.2, 0.25) is 0 Å². The zero-order chi connectivity index (χ0) is 14.8.